The number of hydrogen-bond donors (Lipinski definition) is 4. The van der Waals surface area contributed by atoms with Crippen LogP contribution in [0, 0.1) is 5.53 Å². The molecule has 0 aliphatic carbocycles. The molecule has 1 aromatic heterocycles. The van der Waals surface area contributed by atoms with E-state index in [1.807, 2.05) is 47.8 Å². The molecule has 39 heavy (non-hydrogen) atoms. The average Bonchev–Trinajstić information content (AvgIpc) is 3.45. The van der Waals surface area contributed by atoms with Crippen molar-refractivity contribution in [3.8, 4) is 0 Å². The fourth-order valence-corrected chi connectivity index (χ4v) is 4.53. The normalized spacial score (nSPS) is 11.1. The lowest BCUT2D eigenvalue weighted by atomic mass is 10.1. The van der Waals surface area contributed by atoms with E-state index in [1.54, 1.807) is 29.2 Å². The number of rotatable bonds is 14. The molecule has 0 unspecified atom stereocenters. The second kappa shape index (κ2) is 15.7. The van der Waals surface area contributed by atoms with Crippen LogP contribution in [0.5, 0.6) is 0 Å². The van der Waals surface area contributed by atoms with Gasteiger partial charge in [0, 0.05) is 18.0 Å². The van der Waals surface area contributed by atoms with E-state index in [1.165, 1.54) is 11.3 Å². The molecule has 0 radical (unpaired) electrons. The summed E-state index contributed by atoms with van der Waals surface area (Å²) in [5.41, 5.74) is 9.09. The fraction of sp³-hybridized carbons (Fsp3) is 0.296. The number of carboxylic acid groups (broad SMARTS) is 1. The number of unbranched alkanes of at least 4 members (excludes halogenated alkanes) is 1. The molecule has 3 aromatic rings. The van der Waals surface area contributed by atoms with E-state index in [4.69, 9.17) is 10.3 Å². The number of hydrogen-bond acceptors (Lipinski definition) is 7. The lowest BCUT2D eigenvalue weighted by Gasteiger charge is -2.27. The zero-order chi connectivity index (χ0) is 27.9. The minimum Gasteiger partial charge on any atom is -0.465 e. The van der Waals surface area contributed by atoms with Gasteiger partial charge in [-0.15, -0.1) is 11.3 Å². The summed E-state index contributed by atoms with van der Waals surface area (Å²) in [5, 5.41) is 20.0. The van der Waals surface area contributed by atoms with E-state index in [0.717, 1.165) is 16.0 Å². The Balaban J connectivity index is 1.55. The second-order valence-corrected chi connectivity index (χ2v) is 9.66. The summed E-state index contributed by atoms with van der Waals surface area (Å²) in [6.45, 7) is 1.10. The summed E-state index contributed by atoms with van der Waals surface area (Å²) in [6, 6.07) is 19.2. The van der Waals surface area contributed by atoms with Gasteiger partial charge in [-0.1, -0.05) is 48.5 Å². The van der Waals surface area contributed by atoms with Crippen molar-refractivity contribution in [2.24, 2.45) is 5.11 Å². The van der Waals surface area contributed by atoms with Crippen LogP contribution in [-0.2, 0) is 29.2 Å². The monoisotopic (exact) mass is 551 g/mol. The molecule has 4 N–H and O–H groups in total. The minimum atomic E-state index is -1.28. The highest BCUT2D eigenvalue weighted by molar-refractivity contribution is 7.09. The molecule has 0 bridgehead atoms. The highest BCUT2D eigenvalue weighted by Gasteiger charge is 2.26. The van der Waals surface area contributed by atoms with Gasteiger partial charge >= 0.3 is 12.2 Å². The van der Waals surface area contributed by atoms with Crippen molar-refractivity contribution in [2.45, 2.75) is 45.0 Å². The SMILES string of the molecule is N=[N+]=Nc1ccc(CN(Cc2cccs2)C(=O)[C@H](CCCCNC(=O)OCc2ccccc2)NC(=O)O)cc1. The van der Waals surface area contributed by atoms with Gasteiger partial charge in [0.05, 0.1) is 6.54 Å². The van der Waals surface area contributed by atoms with E-state index < -0.39 is 18.2 Å². The molecule has 0 aliphatic heterocycles. The number of benzene rings is 2. The molecule has 204 valence electrons. The van der Waals surface area contributed by atoms with Crippen molar-refractivity contribution in [2.75, 3.05) is 6.54 Å². The molecule has 1 heterocycles. The van der Waals surface area contributed by atoms with Crippen LogP contribution in [0.4, 0.5) is 15.3 Å². The molecule has 0 fully saturated rings. The first kappa shape index (κ1) is 29.0. The maximum Gasteiger partial charge on any atom is 0.407 e. The van der Waals surface area contributed by atoms with Crippen molar-refractivity contribution in [1.29, 1.82) is 5.53 Å². The third kappa shape index (κ3) is 10.4. The number of carbonyl (C=O) groups excluding carboxylic acids is 2. The molecule has 0 spiro atoms. The standard InChI is InChI=1S/C27H30N6O5S/c28-32-31-22-13-11-20(12-14-22)17-33(18-23-9-6-16-39-23)25(34)24(30-26(35)36)10-4-5-15-29-27(37)38-19-21-7-2-1-3-8-21/h1-3,6-9,11-14,16,24,28,30H,4-5,10,15,17-19H2,(H-,29,35,36,37)/p+1/t24-/m0/s1. The number of nitrogens with zero attached hydrogens (tertiary/aromatic N) is 3. The van der Waals surface area contributed by atoms with Crippen LogP contribution in [0.2, 0.25) is 0 Å². The fourth-order valence-electron chi connectivity index (χ4n) is 3.81. The van der Waals surface area contributed by atoms with Gasteiger partial charge in [-0.25, -0.2) is 9.59 Å². The Labute approximate surface area is 230 Å². The number of carbonyl (C=O) groups is 3. The quantitative estimate of drug-likeness (QED) is 0.123. The maximum absolute atomic E-state index is 13.5. The average molecular weight is 552 g/mol. The lowest BCUT2D eigenvalue weighted by Crippen LogP contribution is -2.47. The van der Waals surface area contributed by atoms with Gasteiger partial charge in [-0.3, -0.25) is 4.79 Å². The maximum atomic E-state index is 13.5. The molecule has 0 aliphatic rings. The second-order valence-electron chi connectivity index (χ2n) is 8.63. The Kier molecular flexibility index (Phi) is 11.6. The Hall–Kier alpha value is -4.54. The lowest BCUT2D eigenvalue weighted by molar-refractivity contribution is -0.134. The first-order chi connectivity index (χ1) is 18.9. The summed E-state index contributed by atoms with van der Waals surface area (Å²) in [5.74, 6) is -0.337. The smallest absolute Gasteiger partial charge is 0.407 e. The van der Waals surface area contributed by atoms with Crippen molar-refractivity contribution >= 4 is 35.1 Å². The van der Waals surface area contributed by atoms with E-state index in [-0.39, 0.29) is 25.5 Å². The van der Waals surface area contributed by atoms with Crippen molar-refractivity contribution in [1.82, 2.24) is 20.4 Å². The molecular weight excluding hydrogens is 520 g/mol. The van der Waals surface area contributed by atoms with Crippen LogP contribution in [0.25, 0.3) is 0 Å². The highest BCUT2D eigenvalue weighted by atomic mass is 32.1. The number of amides is 3. The minimum absolute atomic E-state index is 0.170. The van der Waals surface area contributed by atoms with Gasteiger partial charge in [0.15, 0.2) is 10.8 Å². The van der Waals surface area contributed by atoms with Gasteiger partial charge < -0.3 is 25.4 Å². The van der Waals surface area contributed by atoms with Gasteiger partial charge in [0.25, 0.3) is 0 Å². The molecule has 11 nitrogen and oxygen atoms in total. The van der Waals surface area contributed by atoms with Crippen molar-refractivity contribution < 1.29 is 24.2 Å². The molecule has 1 atom stereocenters. The topological polar surface area (TPSA) is 158 Å². The summed E-state index contributed by atoms with van der Waals surface area (Å²) >= 11 is 1.51. The first-order valence-corrected chi connectivity index (χ1v) is 13.2. The van der Waals surface area contributed by atoms with Gasteiger partial charge in [-0.2, -0.15) is 0 Å². The van der Waals surface area contributed by atoms with Crippen molar-refractivity contribution in [3.05, 3.63) is 88.1 Å². The third-order valence-corrected chi connectivity index (χ3v) is 6.57. The Morgan fingerprint density at radius 1 is 1.00 bits per heavy atom. The Morgan fingerprint density at radius 3 is 2.44 bits per heavy atom. The molecule has 0 saturated carbocycles. The summed E-state index contributed by atoms with van der Waals surface area (Å²) in [6.07, 6.45) is -0.488. The summed E-state index contributed by atoms with van der Waals surface area (Å²) in [7, 11) is 0. The Morgan fingerprint density at radius 2 is 1.77 bits per heavy atom. The first-order valence-electron chi connectivity index (χ1n) is 12.4. The van der Waals surface area contributed by atoms with E-state index in [9.17, 15) is 19.5 Å². The Bertz CT molecular complexity index is 1250. The van der Waals surface area contributed by atoms with Gasteiger partial charge in [0.2, 0.25) is 10.8 Å². The van der Waals surface area contributed by atoms with Crippen LogP contribution >= 0.6 is 11.3 Å². The number of ether oxygens (including phenoxy) is 1. The van der Waals surface area contributed by atoms with E-state index in [0.29, 0.717) is 31.6 Å². The number of nitrogens with one attached hydrogen (secondary N) is 3. The van der Waals surface area contributed by atoms with Crippen LogP contribution in [0.15, 0.2) is 77.2 Å². The van der Waals surface area contributed by atoms with E-state index in [2.05, 4.69) is 20.7 Å². The number of thiophene rings is 1. The predicted octanol–water partition coefficient (Wildman–Crippen LogP) is 5.19. The molecule has 12 heteroatoms. The van der Waals surface area contributed by atoms with Crippen LogP contribution in [0.1, 0.15) is 35.3 Å². The van der Waals surface area contributed by atoms with Crippen LogP contribution < -0.4 is 15.5 Å². The van der Waals surface area contributed by atoms with Gasteiger partial charge in [0.1, 0.15) is 18.2 Å². The van der Waals surface area contributed by atoms with Crippen molar-refractivity contribution in [3.63, 3.8) is 0 Å². The van der Waals surface area contributed by atoms with Crippen LogP contribution in [0.3, 0.4) is 0 Å². The highest BCUT2D eigenvalue weighted by Crippen LogP contribution is 2.19. The largest absolute Gasteiger partial charge is 0.465 e. The zero-order valence-corrected chi connectivity index (χ0v) is 22.1. The zero-order valence-electron chi connectivity index (χ0n) is 21.3. The van der Waals surface area contributed by atoms with Gasteiger partial charge in [-0.05, 0) is 54.0 Å². The molecule has 3 amide bonds. The number of alkyl carbamates (subject to hydrolysis) is 1. The molecule has 3 rings (SSSR count). The third-order valence-electron chi connectivity index (χ3n) is 5.71. The molecular formula is C27H31N6O5S+. The molecule has 2 aromatic carbocycles. The van der Waals surface area contributed by atoms with Crippen LogP contribution in [-0.4, -0.2) is 40.7 Å². The molecule has 0 saturated heterocycles. The van der Waals surface area contributed by atoms with E-state index >= 15 is 0 Å². The summed E-state index contributed by atoms with van der Waals surface area (Å²) < 4.78 is 5.19. The predicted molar refractivity (Wildman–Crippen MR) is 145 cm³/mol. The summed E-state index contributed by atoms with van der Waals surface area (Å²) in [4.78, 5) is 42.6.